The molecule has 15 heteroatoms. The first-order chi connectivity index (χ1) is 20.9. The van der Waals surface area contributed by atoms with Gasteiger partial charge in [0, 0.05) is 36.5 Å². The molecule has 10 nitrogen and oxygen atoms in total. The van der Waals surface area contributed by atoms with E-state index in [0.29, 0.717) is 38.6 Å². The number of carbonyl (C=O) groups excluding carboxylic acids is 1. The van der Waals surface area contributed by atoms with E-state index in [1.165, 1.54) is 55.0 Å². The van der Waals surface area contributed by atoms with Gasteiger partial charge in [-0.1, -0.05) is 12.1 Å². The van der Waals surface area contributed by atoms with E-state index in [1.807, 2.05) is 4.72 Å². The van der Waals surface area contributed by atoms with E-state index in [9.17, 15) is 36.3 Å². The van der Waals surface area contributed by atoms with Crippen molar-refractivity contribution in [2.75, 3.05) is 4.72 Å². The molecule has 3 N–H and O–H groups in total. The molecule has 224 valence electrons. The summed E-state index contributed by atoms with van der Waals surface area (Å²) < 4.78 is 71.8. The Kier molecular flexibility index (Phi) is 8.60. The van der Waals surface area contributed by atoms with Crippen molar-refractivity contribution in [1.29, 1.82) is 0 Å². The van der Waals surface area contributed by atoms with Crippen molar-refractivity contribution < 1.29 is 36.3 Å². The van der Waals surface area contributed by atoms with Crippen LogP contribution in [-0.4, -0.2) is 46.4 Å². The Morgan fingerprint density at radius 1 is 0.909 bits per heavy atom. The van der Waals surface area contributed by atoms with Crippen LogP contribution in [-0.2, 0) is 21.2 Å². The number of carbonyl (C=O) groups is 2. The van der Waals surface area contributed by atoms with Gasteiger partial charge in [-0.05, 0) is 69.5 Å². The number of halogens is 4. The molecule has 5 aromatic rings. The molecule has 5 rings (SSSR count). The zero-order chi connectivity index (χ0) is 31.6. The van der Waals surface area contributed by atoms with Crippen LogP contribution in [0, 0.1) is 17.6 Å². The summed E-state index contributed by atoms with van der Waals surface area (Å²) >= 11 is 3.31. The van der Waals surface area contributed by atoms with Gasteiger partial charge in [0.15, 0.2) is 0 Å². The highest BCUT2D eigenvalue weighted by Crippen LogP contribution is 2.26. The molecule has 0 bridgehead atoms. The maximum atomic E-state index is 15.0. The Morgan fingerprint density at radius 2 is 1.61 bits per heavy atom. The number of aromatic nitrogens is 3. The molecule has 0 aliphatic heterocycles. The van der Waals surface area contributed by atoms with E-state index in [1.54, 1.807) is 12.1 Å². The quantitative estimate of drug-likeness (QED) is 0.181. The summed E-state index contributed by atoms with van der Waals surface area (Å²) in [4.78, 5) is 36.4. The second-order valence-corrected chi connectivity index (χ2v) is 11.9. The lowest BCUT2D eigenvalue weighted by atomic mass is 10.1. The molecule has 0 aliphatic rings. The van der Waals surface area contributed by atoms with Crippen LogP contribution >= 0.6 is 15.9 Å². The maximum Gasteiger partial charge on any atom is 0.326 e. The van der Waals surface area contributed by atoms with E-state index in [-0.39, 0.29) is 17.0 Å². The molecule has 1 amide bonds. The molecule has 1 atom stereocenters. The Labute approximate surface area is 256 Å². The van der Waals surface area contributed by atoms with Gasteiger partial charge in [0.25, 0.3) is 15.9 Å². The third kappa shape index (κ3) is 6.53. The van der Waals surface area contributed by atoms with Crippen molar-refractivity contribution in [1.82, 2.24) is 20.3 Å². The standard InChI is InChI=1S/C29H19BrF3N5O5S/c30-20-14-36-23(19-2-1-8-35-27(19)20)13-24(29(40)41)37-28(39)26-21(31)11-17(12-22(26)32)38-44(42,43)18-5-3-15(4-6-18)16-7-9-34-25(33)10-16/h1-12,14,24,38H,13H2,(H,37,39)(H,40,41). The molecule has 2 aromatic carbocycles. The van der Waals surface area contributed by atoms with Gasteiger partial charge in [0.2, 0.25) is 5.95 Å². The van der Waals surface area contributed by atoms with Crippen molar-refractivity contribution >= 4 is 54.4 Å². The van der Waals surface area contributed by atoms with Crippen LogP contribution in [0.2, 0.25) is 0 Å². The Hall–Kier alpha value is -4.89. The molecule has 0 spiro atoms. The number of benzene rings is 2. The first-order valence-electron chi connectivity index (χ1n) is 12.6. The average Bonchev–Trinajstić information content (AvgIpc) is 2.97. The number of hydrogen-bond acceptors (Lipinski definition) is 7. The Morgan fingerprint density at radius 3 is 2.27 bits per heavy atom. The maximum absolute atomic E-state index is 15.0. The molecule has 0 saturated carbocycles. The van der Waals surface area contributed by atoms with Gasteiger partial charge in [-0.25, -0.2) is 27.0 Å². The lowest BCUT2D eigenvalue weighted by Crippen LogP contribution is -2.43. The smallest absolute Gasteiger partial charge is 0.326 e. The van der Waals surface area contributed by atoms with Crippen LogP contribution in [0.3, 0.4) is 0 Å². The lowest BCUT2D eigenvalue weighted by molar-refractivity contribution is -0.139. The van der Waals surface area contributed by atoms with Crippen molar-refractivity contribution in [2.24, 2.45) is 0 Å². The minimum Gasteiger partial charge on any atom is -0.480 e. The molecular formula is C29H19BrF3N5O5S. The number of pyridine rings is 3. The van der Waals surface area contributed by atoms with E-state index in [2.05, 4.69) is 36.2 Å². The summed E-state index contributed by atoms with van der Waals surface area (Å²) in [5.41, 5.74) is 0.0982. The first kappa shape index (κ1) is 30.6. The normalized spacial score (nSPS) is 12.1. The van der Waals surface area contributed by atoms with Crippen molar-refractivity contribution in [2.45, 2.75) is 17.4 Å². The molecule has 3 heterocycles. The summed E-state index contributed by atoms with van der Waals surface area (Å²) in [5, 5.41) is 12.3. The van der Waals surface area contributed by atoms with Gasteiger partial charge in [0.1, 0.15) is 23.2 Å². The Balaban J connectivity index is 1.33. The fourth-order valence-corrected chi connectivity index (χ4v) is 5.81. The molecule has 0 aliphatic carbocycles. The van der Waals surface area contributed by atoms with Gasteiger partial charge >= 0.3 is 5.97 Å². The SMILES string of the molecule is O=C(NC(Cc1ncc(Br)c2ncccc12)C(=O)O)c1c(F)cc(NS(=O)(=O)c2ccc(-c3ccnc(F)c3)cc2)cc1F. The molecule has 3 aromatic heterocycles. The number of carboxylic acid groups (broad SMARTS) is 1. The highest BCUT2D eigenvalue weighted by atomic mass is 79.9. The molecular weight excluding hydrogens is 667 g/mol. The number of hydrogen-bond donors (Lipinski definition) is 3. The van der Waals surface area contributed by atoms with Gasteiger partial charge in [-0.2, -0.15) is 4.39 Å². The first-order valence-corrected chi connectivity index (χ1v) is 14.9. The number of nitrogens with zero attached hydrogens (tertiary/aromatic N) is 3. The van der Waals surface area contributed by atoms with E-state index in [4.69, 9.17) is 0 Å². The molecule has 0 saturated heterocycles. The number of nitrogens with one attached hydrogen (secondary N) is 2. The highest BCUT2D eigenvalue weighted by molar-refractivity contribution is 9.10. The largest absolute Gasteiger partial charge is 0.480 e. The number of aliphatic carboxylic acids is 1. The second-order valence-electron chi connectivity index (χ2n) is 9.33. The zero-order valence-corrected chi connectivity index (χ0v) is 24.5. The van der Waals surface area contributed by atoms with Crippen LogP contribution in [0.25, 0.3) is 22.0 Å². The molecule has 0 radical (unpaired) electrons. The number of fused-ring (bicyclic) bond motifs is 1. The van der Waals surface area contributed by atoms with Gasteiger partial charge in [-0.3, -0.25) is 19.5 Å². The van der Waals surface area contributed by atoms with E-state index in [0.717, 1.165) is 0 Å². The predicted molar refractivity (Wildman–Crippen MR) is 157 cm³/mol. The molecule has 0 fully saturated rings. The van der Waals surface area contributed by atoms with E-state index < -0.39 is 56.8 Å². The number of carboxylic acids is 1. The van der Waals surface area contributed by atoms with Gasteiger partial charge < -0.3 is 10.4 Å². The van der Waals surface area contributed by atoms with Crippen molar-refractivity contribution in [3.8, 4) is 11.1 Å². The summed E-state index contributed by atoms with van der Waals surface area (Å²) in [6.45, 7) is 0. The van der Waals surface area contributed by atoms with E-state index >= 15 is 0 Å². The van der Waals surface area contributed by atoms with Crippen molar-refractivity contribution in [3.63, 3.8) is 0 Å². The zero-order valence-electron chi connectivity index (χ0n) is 22.1. The number of anilines is 1. The lowest BCUT2D eigenvalue weighted by Gasteiger charge is -2.16. The predicted octanol–water partition coefficient (Wildman–Crippen LogP) is 5.10. The fraction of sp³-hybridized carbons (Fsp3) is 0.0690. The van der Waals surface area contributed by atoms with Crippen molar-refractivity contribution in [3.05, 3.63) is 113 Å². The minimum absolute atomic E-state index is 0.257. The molecule has 1 unspecified atom stereocenters. The summed E-state index contributed by atoms with van der Waals surface area (Å²) in [7, 11) is -4.34. The molecule has 44 heavy (non-hydrogen) atoms. The number of sulfonamides is 1. The van der Waals surface area contributed by atoms with Gasteiger partial charge in [-0.15, -0.1) is 0 Å². The minimum atomic E-state index is -4.34. The third-order valence-corrected chi connectivity index (χ3v) is 8.40. The Bertz CT molecular complexity index is 2010. The van der Waals surface area contributed by atoms with Crippen LogP contribution < -0.4 is 10.0 Å². The second kappa shape index (κ2) is 12.4. The van der Waals surface area contributed by atoms with Crippen LogP contribution in [0.1, 0.15) is 16.1 Å². The van der Waals surface area contributed by atoms with Crippen LogP contribution in [0.15, 0.2) is 88.6 Å². The van der Waals surface area contributed by atoms with Crippen LogP contribution in [0.4, 0.5) is 18.9 Å². The average molecular weight is 686 g/mol. The van der Waals surface area contributed by atoms with Gasteiger partial charge in [0.05, 0.1) is 26.3 Å². The summed E-state index contributed by atoms with van der Waals surface area (Å²) in [6, 6.07) is 10.8. The topological polar surface area (TPSA) is 151 Å². The van der Waals surface area contributed by atoms with Crippen LogP contribution in [0.5, 0.6) is 0 Å². The fourth-order valence-electron chi connectivity index (χ4n) is 4.35. The number of rotatable bonds is 9. The summed E-state index contributed by atoms with van der Waals surface area (Å²) in [5.74, 6) is -6.44. The third-order valence-electron chi connectivity index (χ3n) is 6.43. The summed E-state index contributed by atoms with van der Waals surface area (Å²) in [6.07, 6.45) is 3.88. The monoisotopic (exact) mass is 685 g/mol. The number of amides is 1. The highest BCUT2D eigenvalue weighted by Gasteiger charge is 2.27.